The van der Waals surface area contributed by atoms with Gasteiger partial charge in [-0.25, -0.2) is 0 Å². The van der Waals surface area contributed by atoms with Crippen LogP contribution >= 0.6 is 0 Å². The van der Waals surface area contributed by atoms with E-state index in [1.807, 2.05) is 0 Å². The molecule has 0 spiro atoms. The van der Waals surface area contributed by atoms with Crippen LogP contribution in [0.5, 0.6) is 0 Å². The molecular weight excluding hydrogens is 136 g/mol. The standard InChI is InChI=1S/C3H6O.C2H4O2.CH4O/c1-3(2)4;1-4-2-3;1-2/h1-2H3;2H,1H3;2H,1H3. The van der Waals surface area contributed by atoms with Crippen LogP contribution < -0.4 is 0 Å². The second-order valence-electron chi connectivity index (χ2n) is 1.24. The maximum atomic E-state index is 9.44. The van der Waals surface area contributed by atoms with Crippen LogP contribution in [-0.4, -0.2) is 31.6 Å². The van der Waals surface area contributed by atoms with Crippen LogP contribution in [0.25, 0.3) is 0 Å². The van der Waals surface area contributed by atoms with Crippen molar-refractivity contribution in [3.05, 3.63) is 0 Å². The van der Waals surface area contributed by atoms with E-state index in [2.05, 4.69) is 4.74 Å². The van der Waals surface area contributed by atoms with E-state index in [1.54, 1.807) is 0 Å². The molecule has 0 fully saturated rings. The van der Waals surface area contributed by atoms with E-state index < -0.39 is 0 Å². The summed E-state index contributed by atoms with van der Waals surface area (Å²) in [6.07, 6.45) is 0. The Morgan fingerprint density at radius 2 is 1.50 bits per heavy atom. The van der Waals surface area contributed by atoms with Crippen molar-refractivity contribution >= 4 is 12.3 Å². The van der Waals surface area contributed by atoms with E-state index in [1.165, 1.54) is 21.0 Å². The van der Waals surface area contributed by atoms with E-state index in [-0.39, 0.29) is 5.78 Å². The van der Waals surface area contributed by atoms with Crippen molar-refractivity contribution in [1.82, 2.24) is 0 Å². The number of ether oxygens (including phenoxy) is 1. The summed E-state index contributed by atoms with van der Waals surface area (Å²) in [6, 6.07) is 0. The summed E-state index contributed by atoms with van der Waals surface area (Å²) < 4.78 is 3.86. The zero-order valence-corrected chi connectivity index (χ0v) is 6.75. The van der Waals surface area contributed by atoms with Gasteiger partial charge in [-0.15, -0.1) is 0 Å². The molecule has 0 unspecified atom stereocenters. The van der Waals surface area contributed by atoms with Crippen molar-refractivity contribution in [3.8, 4) is 0 Å². The number of methoxy groups -OCH3 is 1. The van der Waals surface area contributed by atoms with Gasteiger partial charge in [-0.05, 0) is 13.8 Å². The molecule has 0 atom stereocenters. The summed E-state index contributed by atoms with van der Waals surface area (Å²) in [6.45, 7) is 3.43. The third kappa shape index (κ3) is 26400. The molecule has 0 heterocycles. The molecule has 0 aliphatic heterocycles. The molecule has 0 aromatic heterocycles. The second-order valence-corrected chi connectivity index (χ2v) is 1.24. The van der Waals surface area contributed by atoms with Gasteiger partial charge in [0.1, 0.15) is 5.78 Å². The van der Waals surface area contributed by atoms with E-state index in [4.69, 9.17) is 9.90 Å². The highest BCUT2D eigenvalue weighted by Crippen LogP contribution is 1.50. The molecule has 0 aromatic rings. The monoisotopic (exact) mass is 150 g/mol. The Hall–Kier alpha value is -0.900. The van der Waals surface area contributed by atoms with Crippen molar-refractivity contribution < 1.29 is 19.4 Å². The normalized spacial score (nSPS) is 5.30. The molecule has 4 nitrogen and oxygen atoms in total. The Bertz CT molecular complexity index is 66.1. The molecule has 0 rings (SSSR count). The maximum absolute atomic E-state index is 9.44. The number of aliphatic hydroxyl groups excluding tert-OH is 1. The number of hydrogen-bond acceptors (Lipinski definition) is 4. The van der Waals surface area contributed by atoms with Crippen LogP contribution in [0.2, 0.25) is 0 Å². The first-order chi connectivity index (χ1) is 4.65. The van der Waals surface area contributed by atoms with Crippen LogP contribution in [0.3, 0.4) is 0 Å². The minimum atomic E-state index is 0.167. The van der Waals surface area contributed by atoms with Crippen LogP contribution in [0, 0.1) is 0 Å². The predicted molar refractivity (Wildman–Crippen MR) is 37.6 cm³/mol. The summed E-state index contributed by atoms with van der Waals surface area (Å²) in [4.78, 5) is 18.4. The van der Waals surface area contributed by atoms with Gasteiger partial charge in [0.2, 0.25) is 0 Å². The minimum Gasteiger partial charge on any atom is -0.471 e. The van der Waals surface area contributed by atoms with Crippen LogP contribution in [0.4, 0.5) is 0 Å². The Balaban J connectivity index is -0.0000000787. The molecule has 0 aromatic carbocycles. The minimum absolute atomic E-state index is 0.167. The molecule has 0 aliphatic rings. The summed E-state index contributed by atoms with van der Waals surface area (Å²) in [7, 11) is 2.31. The largest absolute Gasteiger partial charge is 0.471 e. The topological polar surface area (TPSA) is 63.6 Å². The average Bonchev–Trinajstić information content (AvgIpc) is 1.91. The van der Waals surface area contributed by atoms with Gasteiger partial charge >= 0.3 is 0 Å². The fourth-order valence-corrected chi connectivity index (χ4v) is 0. The highest BCUT2D eigenvalue weighted by atomic mass is 16.5. The molecule has 1 N–H and O–H groups in total. The Labute approximate surface area is 60.8 Å². The molecular formula is C6H14O4. The van der Waals surface area contributed by atoms with E-state index in [0.717, 1.165) is 7.11 Å². The number of carbonyl (C=O) groups is 2. The second kappa shape index (κ2) is 24.3. The van der Waals surface area contributed by atoms with Gasteiger partial charge in [0.15, 0.2) is 0 Å². The number of hydrogen-bond donors (Lipinski definition) is 1. The number of Topliss-reactive ketones (excluding diaryl/α,β-unsaturated/α-hetero) is 1. The maximum Gasteiger partial charge on any atom is 0.292 e. The fraction of sp³-hybridized carbons (Fsp3) is 0.667. The lowest BCUT2D eigenvalue weighted by molar-refractivity contribution is -0.126. The van der Waals surface area contributed by atoms with E-state index in [9.17, 15) is 4.79 Å². The molecule has 0 radical (unpaired) electrons. The third-order valence-corrected chi connectivity index (χ3v) is 0.0962. The number of rotatable bonds is 1. The summed E-state index contributed by atoms with van der Waals surface area (Å²) in [5.41, 5.74) is 0. The van der Waals surface area contributed by atoms with Gasteiger partial charge in [-0.3, -0.25) is 4.79 Å². The SMILES string of the molecule is CC(C)=O.CO.COC=O. The van der Waals surface area contributed by atoms with Crippen molar-refractivity contribution in [2.45, 2.75) is 13.8 Å². The summed E-state index contributed by atoms with van der Waals surface area (Å²) in [5.74, 6) is 0.167. The average molecular weight is 150 g/mol. The van der Waals surface area contributed by atoms with Crippen LogP contribution in [0.1, 0.15) is 13.8 Å². The number of aliphatic hydroxyl groups is 1. The predicted octanol–water partition coefficient (Wildman–Crippen LogP) is -0.00700. The molecule has 0 amide bonds. The molecule has 0 saturated heterocycles. The lowest BCUT2D eigenvalue weighted by Crippen LogP contribution is -1.69. The molecule has 0 saturated carbocycles. The molecule has 0 aliphatic carbocycles. The first-order valence-corrected chi connectivity index (χ1v) is 2.53. The highest BCUT2D eigenvalue weighted by Gasteiger charge is 1.62. The van der Waals surface area contributed by atoms with Gasteiger partial charge in [0.25, 0.3) is 6.47 Å². The first kappa shape index (κ1) is 16.0. The van der Waals surface area contributed by atoms with Crippen molar-refractivity contribution in [1.29, 1.82) is 0 Å². The van der Waals surface area contributed by atoms with Crippen LogP contribution in [0.15, 0.2) is 0 Å². The summed E-state index contributed by atoms with van der Waals surface area (Å²) >= 11 is 0. The Kier molecular flexibility index (Phi) is 39.0. The van der Waals surface area contributed by atoms with Crippen molar-refractivity contribution in [2.75, 3.05) is 14.2 Å². The fourth-order valence-electron chi connectivity index (χ4n) is 0. The van der Waals surface area contributed by atoms with Crippen LogP contribution in [-0.2, 0) is 14.3 Å². The Morgan fingerprint density at radius 1 is 1.40 bits per heavy atom. The number of ketones is 1. The molecule has 0 bridgehead atoms. The van der Waals surface area contributed by atoms with Gasteiger partial charge in [0, 0.05) is 7.11 Å². The molecule has 4 heteroatoms. The lowest BCUT2D eigenvalue weighted by Gasteiger charge is -1.67. The Morgan fingerprint density at radius 3 is 1.50 bits per heavy atom. The van der Waals surface area contributed by atoms with E-state index >= 15 is 0 Å². The molecule has 10 heavy (non-hydrogen) atoms. The van der Waals surface area contributed by atoms with Crippen molar-refractivity contribution in [3.63, 3.8) is 0 Å². The third-order valence-electron chi connectivity index (χ3n) is 0.0962. The van der Waals surface area contributed by atoms with Gasteiger partial charge in [-0.2, -0.15) is 0 Å². The van der Waals surface area contributed by atoms with Gasteiger partial charge < -0.3 is 14.6 Å². The quantitative estimate of drug-likeness (QED) is 0.534. The van der Waals surface area contributed by atoms with Gasteiger partial charge in [0.05, 0.1) is 7.11 Å². The number of carbonyl (C=O) groups excluding carboxylic acids is 2. The van der Waals surface area contributed by atoms with E-state index in [0.29, 0.717) is 6.47 Å². The molecule has 62 valence electrons. The highest BCUT2D eigenvalue weighted by molar-refractivity contribution is 5.72. The van der Waals surface area contributed by atoms with Gasteiger partial charge in [-0.1, -0.05) is 0 Å². The van der Waals surface area contributed by atoms with Crippen molar-refractivity contribution in [2.24, 2.45) is 0 Å². The zero-order valence-electron chi connectivity index (χ0n) is 6.75. The lowest BCUT2D eigenvalue weighted by atomic mass is 10.6. The zero-order chi connectivity index (χ0) is 8.99. The first-order valence-electron chi connectivity index (χ1n) is 2.53. The smallest absolute Gasteiger partial charge is 0.292 e. The summed E-state index contributed by atoms with van der Waals surface area (Å²) in [5, 5.41) is 7.00.